The highest BCUT2D eigenvalue weighted by Gasteiger charge is 2.22. The highest BCUT2D eigenvalue weighted by Crippen LogP contribution is 2.16. The SMILES string of the molecule is CCCCC(CC)CN1CC(C)NC(C)C1. The average molecular weight is 226 g/mol. The maximum absolute atomic E-state index is 3.60. The molecule has 16 heavy (non-hydrogen) atoms. The molecule has 1 aliphatic heterocycles. The summed E-state index contributed by atoms with van der Waals surface area (Å²) in [4.78, 5) is 2.66. The smallest absolute Gasteiger partial charge is 0.0169 e. The van der Waals surface area contributed by atoms with E-state index in [1.54, 1.807) is 0 Å². The standard InChI is InChI=1S/C14H30N2/c1-5-7-8-14(6-2)11-16-9-12(3)15-13(4)10-16/h12-15H,5-11H2,1-4H3. The summed E-state index contributed by atoms with van der Waals surface area (Å²) in [6, 6.07) is 1.32. The molecule has 3 unspecified atom stereocenters. The van der Waals surface area contributed by atoms with E-state index in [1.807, 2.05) is 0 Å². The molecule has 0 aromatic carbocycles. The highest BCUT2D eigenvalue weighted by atomic mass is 15.2. The van der Waals surface area contributed by atoms with Crippen molar-refractivity contribution in [3.05, 3.63) is 0 Å². The topological polar surface area (TPSA) is 15.3 Å². The minimum Gasteiger partial charge on any atom is -0.309 e. The van der Waals surface area contributed by atoms with E-state index < -0.39 is 0 Å². The van der Waals surface area contributed by atoms with E-state index in [1.165, 1.54) is 45.3 Å². The lowest BCUT2D eigenvalue weighted by Crippen LogP contribution is -2.55. The van der Waals surface area contributed by atoms with E-state index in [2.05, 4.69) is 37.9 Å². The summed E-state index contributed by atoms with van der Waals surface area (Å²) < 4.78 is 0. The van der Waals surface area contributed by atoms with Crippen LogP contribution in [0.15, 0.2) is 0 Å². The van der Waals surface area contributed by atoms with Gasteiger partial charge in [0.2, 0.25) is 0 Å². The summed E-state index contributed by atoms with van der Waals surface area (Å²) in [5.74, 6) is 0.914. The van der Waals surface area contributed by atoms with Gasteiger partial charge in [-0.2, -0.15) is 0 Å². The summed E-state index contributed by atoms with van der Waals surface area (Å²) in [5, 5.41) is 3.60. The Bertz CT molecular complexity index is 172. The molecular weight excluding hydrogens is 196 g/mol. The first-order chi connectivity index (χ1) is 7.65. The predicted octanol–water partition coefficient (Wildman–Crippen LogP) is 2.89. The Kier molecular flexibility index (Phi) is 6.37. The highest BCUT2D eigenvalue weighted by molar-refractivity contribution is 4.81. The van der Waals surface area contributed by atoms with Crippen LogP contribution < -0.4 is 5.32 Å². The van der Waals surface area contributed by atoms with Crippen molar-refractivity contribution in [3.8, 4) is 0 Å². The Morgan fingerprint density at radius 2 is 1.81 bits per heavy atom. The summed E-state index contributed by atoms with van der Waals surface area (Å²) >= 11 is 0. The molecule has 1 saturated heterocycles. The van der Waals surface area contributed by atoms with Gasteiger partial charge in [0.1, 0.15) is 0 Å². The van der Waals surface area contributed by atoms with Crippen LogP contribution in [0.2, 0.25) is 0 Å². The van der Waals surface area contributed by atoms with Gasteiger partial charge in [-0.3, -0.25) is 4.90 Å². The van der Waals surface area contributed by atoms with Crippen molar-refractivity contribution < 1.29 is 0 Å². The van der Waals surface area contributed by atoms with Gasteiger partial charge in [0.15, 0.2) is 0 Å². The first kappa shape index (κ1) is 14.0. The van der Waals surface area contributed by atoms with Crippen molar-refractivity contribution in [2.75, 3.05) is 19.6 Å². The number of nitrogens with one attached hydrogen (secondary N) is 1. The fourth-order valence-electron chi connectivity index (χ4n) is 2.87. The first-order valence-corrected chi connectivity index (χ1v) is 7.14. The Labute approximate surface area is 102 Å². The van der Waals surface area contributed by atoms with Gasteiger partial charge >= 0.3 is 0 Å². The Hall–Kier alpha value is -0.0800. The molecule has 0 amide bonds. The molecule has 2 heteroatoms. The molecule has 0 radical (unpaired) electrons. The Morgan fingerprint density at radius 3 is 2.31 bits per heavy atom. The van der Waals surface area contributed by atoms with Crippen LogP contribution in [-0.2, 0) is 0 Å². The summed E-state index contributed by atoms with van der Waals surface area (Å²) in [7, 11) is 0. The maximum Gasteiger partial charge on any atom is 0.0169 e. The van der Waals surface area contributed by atoms with Gasteiger partial charge in [0.25, 0.3) is 0 Å². The molecule has 3 atom stereocenters. The third kappa shape index (κ3) is 4.84. The minimum atomic E-state index is 0.660. The third-order valence-electron chi connectivity index (χ3n) is 3.69. The van der Waals surface area contributed by atoms with Gasteiger partial charge in [0, 0.05) is 31.7 Å². The predicted molar refractivity (Wildman–Crippen MR) is 71.8 cm³/mol. The molecule has 0 spiro atoms. The largest absolute Gasteiger partial charge is 0.309 e. The number of piperazine rings is 1. The molecule has 1 rings (SSSR count). The fraction of sp³-hybridized carbons (Fsp3) is 1.00. The normalized spacial score (nSPS) is 29.2. The van der Waals surface area contributed by atoms with E-state index in [0.29, 0.717) is 12.1 Å². The lowest BCUT2D eigenvalue weighted by atomic mass is 9.97. The van der Waals surface area contributed by atoms with Crippen LogP contribution in [0, 0.1) is 5.92 Å². The molecule has 2 nitrogen and oxygen atoms in total. The molecule has 1 heterocycles. The van der Waals surface area contributed by atoms with Crippen LogP contribution in [0.25, 0.3) is 0 Å². The summed E-state index contributed by atoms with van der Waals surface area (Å²) in [5.41, 5.74) is 0. The van der Waals surface area contributed by atoms with Crippen molar-refractivity contribution in [2.45, 2.75) is 65.5 Å². The van der Waals surface area contributed by atoms with Gasteiger partial charge < -0.3 is 5.32 Å². The van der Waals surface area contributed by atoms with Crippen molar-refractivity contribution in [1.29, 1.82) is 0 Å². The van der Waals surface area contributed by atoms with Gasteiger partial charge in [-0.25, -0.2) is 0 Å². The molecule has 0 aromatic heterocycles. The van der Waals surface area contributed by atoms with Crippen LogP contribution in [0.4, 0.5) is 0 Å². The number of rotatable bonds is 6. The van der Waals surface area contributed by atoms with Crippen LogP contribution in [-0.4, -0.2) is 36.6 Å². The third-order valence-corrected chi connectivity index (χ3v) is 3.69. The van der Waals surface area contributed by atoms with E-state index in [-0.39, 0.29) is 0 Å². The maximum atomic E-state index is 3.60. The summed E-state index contributed by atoms with van der Waals surface area (Å²) in [6.45, 7) is 13.0. The van der Waals surface area contributed by atoms with Crippen LogP contribution in [0.1, 0.15) is 53.4 Å². The summed E-state index contributed by atoms with van der Waals surface area (Å²) in [6.07, 6.45) is 5.49. The van der Waals surface area contributed by atoms with Gasteiger partial charge in [-0.15, -0.1) is 0 Å². The van der Waals surface area contributed by atoms with E-state index in [9.17, 15) is 0 Å². The molecular formula is C14H30N2. The van der Waals surface area contributed by atoms with Gasteiger partial charge in [-0.05, 0) is 26.2 Å². The van der Waals surface area contributed by atoms with Crippen molar-refractivity contribution in [1.82, 2.24) is 10.2 Å². The second-order valence-electron chi connectivity index (χ2n) is 5.60. The molecule has 0 aromatic rings. The monoisotopic (exact) mass is 226 g/mol. The van der Waals surface area contributed by atoms with Crippen molar-refractivity contribution in [2.24, 2.45) is 5.92 Å². The number of hydrogen-bond donors (Lipinski definition) is 1. The fourth-order valence-corrected chi connectivity index (χ4v) is 2.87. The van der Waals surface area contributed by atoms with Crippen LogP contribution >= 0.6 is 0 Å². The van der Waals surface area contributed by atoms with E-state index in [0.717, 1.165) is 5.92 Å². The van der Waals surface area contributed by atoms with E-state index in [4.69, 9.17) is 0 Å². The van der Waals surface area contributed by atoms with Crippen LogP contribution in [0.3, 0.4) is 0 Å². The number of hydrogen-bond acceptors (Lipinski definition) is 2. The molecule has 0 saturated carbocycles. The zero-order valence-electron chi connectivity index (χ0n) is 11.6. The van der Waals surface area contributed by atoms with E-state index >= 15 is 0 Å². The van der Waals surface area contributed by atoms with Crippen LogP contribution in [0.5, 0.6) is 0 Å². The molecule has 0 bridgehead atoms. The number of unbranched alkanes of at least 4 members (excludes halogenated alkanes) is 1. The number of nitrogens with zero attached hydrogens (tertiary/aromatic N) is 1. The van der Waals surface area contributed by atoms with Crippen molar-refractivity contribution >= 4 is 0 Å². The zero-order valence-corrected chi connectivity index (χ0v) is 11.6. The average Bonchev–Trinajstić information content (AvgIpc) is 2.22. The molecule has 1 aliphatic rings. The Morgan fingerprint density at radius 1 is 1.19 bits per heavy atom. The quantitative estimate of drug-likeness (QED) is 0.749. The van der Waals surface area contributed by atoms with Crippen molar-refractivity contribution in [3.63, 3.8) is 0 Å². The second kappa shape index (κ2) is 7.29. The molecule has 0 aliphatic carbocycles. The molecule has 1 N–H and O–H groups in total. The molecule has 1 fully saturated rings. The Balaban J connectivity index is 2.32. The van der Waals surface area contributed by atoms with Gasteiger partial charge in [0.05, 0.1) is 0 Å². The second-order valence-corrected chi connectivity index (χ2v) is 5.60. The first-order valence-electron chi connectivity index (χ1n) is 7.14. The van der Waals surface area contributed by atoms with Gasteiger partial charge in [-0.1, -0.05) is 33.1 Å². The lowest BCUT2D eigenvalue weighted by molar-refractivity contribution is 0.145. The molecule has 96 valence electrons. The lowest BCUT2D eigenvalue weighted by Gasteiger charge is -2.37. The minimum absolute atomic E-state index is 0.660. The zero-order chi connectivity index (χ0) is 12.0.